The molecule has 1 aromatic heterocycles. The van der Waals surface area contributed by atoms with E-state index in [1.165, 1.54) is 5.56 Å². The lowest BCUT2D eigenvalue weighted by atomic mass is 10.2. The molecule has 2 aromatic carbocycles. The van der Waals surface area contributed by atoms with Crippen LogP contribution in [0.1, 0.15) is 28.2 Å². The van der Waals surface area contributed by atoms with Crippen LogP contribution in [0.25, 0.3) is 5.69 Å². The van der Waals surface area contributed by atoms with Gasteiger partial charge in [0.05, 0.1) is 12.3 Å². The number of nitrogens with zero attached hydrogens (tertiary/aromatic N) is 2. The molecule has 3 aromatic rings. The van der Waals surface area contributed by atoms with Gasteiger partial charge in [0.25, 0.3) is 5.91 Å². The zero-order valence-corrected chi connectivity index (χ0v) is 15.1. The van der Waals surface area contributed by atoms with Gasteiger partial charge in [-0.05, 0) is 56.2 Å². The van der Waals surface area contributed by atoms with Crippen LogP contribution in [0.15, 0.2) is 60.7 Å². The van der Waals surface area contributed by atoms with Gasteiger partial charge >= 0.3 is 0 Å². The molecule has 26 heavy (non-hydrogen) atoms. The average molecular weight is 349 g/mol. The number of ether oxygens (including phenoxy) is 1. The fourth-order valence-corrected chi connectivity index (χ4v) is 2.68. The van der Waals surface area contributed by atoms with Gasteiger partial charge in [-0.2, -0.15) is 5.10 Å². The fourth-order valence-electron chi connectivity index (χ4n) is 2.68. The van der Waals surface area contributed by atoms with Gasteiger partial charge < -0.3 is 10.1 Å². The third-order valence-electron chi connectivity index (χ3n) is 3.99. The van der Waals surface area contributed by atoms with Crippen LogP contribution in [-0.4, -0.2) is 28.8 Å². The van der Waals surface area contributed by atoms with Crippen LogP contribution >= 0.6 is 0 Å². The van der Waals surface area contributed by atoms with Gasteiger partial charge in [0, 0.05) is 12.2 Å². The van der Waals surface area contributed by atoms with Crippen LogP contribution in [0.3, 0.4) is 0 Å². The van der Waals surface area contributed by atoms with Crippen molar-refractivity contribution in [1.29, 1.82) is 0 Å². The molecule has 134 valence electrons. The molecule has 0 saturated carbocycles. The topological polar surface area (TPSA) is 56.1 Å². The number of aryl methyl sites for hydroxylation is 2. The van der Waals surface area contributed by atoms with Crippen molar-refractivity contribution in [2.45, 2.75) is 20.3 Å². The second-order valence-electron chi connectivity index (χ2n) is 6.19. The van der Waals surface area contributed by atoms with Gasteiger partial charge in [0.1, 0.15) is 5.75 Å². The fraction of sp³-hybridized carbons (Fsp3) is 0.238. The monoisotopic (exact) mass is 349 g/mol. The van der Waals surface area contributed by atoms with Crippen molar-refractivity contribution in [3.05, 3.63) is 77.6 Å². The molecule has 5 nitrogen and oxygen atoms in total. The molecule has 0 aliphatic carbocycles. The first-order valence-corrected chi connectivity index (χ1v) is 8.73. The van der Waals surface area contributed by atoms with Gasteiger partial charge in [0.15, 0.2) is 5.69 Å². The highest BCUT2D eigenvalue weighted by Gasteiger charge is 2.12. The number of carbonyl (C=O) groups excluding carboxylic acids is 1. The highest BCUT2D eigenvalue weighted by atomic mass is 16.5. The highest BCUT2D eigenvalue weighted by Crippen LogP contribution is 2.13. The summed E-state index contributed by atoms with van der Waals surface area (Å²) in [5, 5.41) is 7.30. The second kappa shape index (κ2) is 8.34. The average Bonchev–Trinajstić information content (AvgIpc) is 3.04. The first-order valence-electron chi connectivity index (χ1n) is 8.73. The molecule has 1 amide bonds. The van der Waals surface area contributed by atoms with E-state index in [1.807, 2.05) is 68.4 Å². The van der Waals surface area contributed by atoms with Crippen molar-refractivity contribution in [2.75, 3.05) is 13.2 Å². The summed E-state index contributed by atoms with van der Waals surface area (Å²) in [6.45, 7) is 5.07. The smallest absolute Gasteiger partial charge is 0.271 e. The number of rotatable bonds is 7. The zero-order valence-electron chi connectivity index (χ0n) is 15.1. The molecule has 0 atom stereocenters. The molecule has 3 rings (SSSR count). The minimum absolute atomic E-state index is 0.168. The maximum absolute atomic E-state index is 12.3. The van der Waals surface area contributed by atoms with E-state index in [-0.39, 0.29) is 5.91 Å². The van der Waals surface area contributed by atoms with Crippen molar-refractivity contribution < 1.29 is 9.53 Å². The first-order chi connectivity index (χ1) is 12.6. The Morgan fingerprint density at radius 1 is 1.08 bits per heavy atom. The Morgan fingerprint density at radius 2 is 1.88 bits per heavy atom. The van der Waals surface area contributed by atoms with E-state index in [0.717, 1.165) is 23.6 Å². The normalized spacial score (nSPS) is 10.5. The Hall–Kier alpha value is -3.08. The summed E-state index contributed by atoms with van der Waals surface area (Å²) in [5.41, 5.74) is 3.45. The minimum atomic E-state index is -0.168. The summed E-state index contributed by atoms with van der Waals surface area (Å²) >= 11 is 0. The lowest BCUT2D eigenvalue weighted by Gasteiger charge is -2.07. The molecule has 1 N–H and O–H groups in total. The first kappa shape index (κ1) is 17.7. The maximum Gasteiger partial charge on any atom is 0.271 e. The number of nitrogens with one attached hydrogen (secondary N) is 1. The quantitative estimate of drug-likeness (QED) is 0.662. The molecule has 0 unspecified atom stereocenters. The van der Waals surface area contributed by atoms with E-state index in [2.05, 4.69) is 10.4 Å². The molecule has 0 radical (unpaired) electrons. The Labute approximate surface area is 153 Å². The van der Waals surface area contributed by atoms with E-state index in [4.69, 9.17) is 4.74 Å². The molecular formula is C21H23N3O2. The van der Waals surface area contributed by atoms with Crippen LogP contribution in [0, 0.1) is 13.8 Å². The van der Waals surface area contributed by atoms with Crippen LogP contribution in [0.5, 0.6) is 5.75 Å². The van der Waals surface area contributed by atoms with E-state index in [9.17, 15) is 4.79 Å². The number of benzene rings is 2. The van der Waals surface area contributed by atoms with Gasteiger partial charge in [-0.3, -0.25) is 4.79 Å². The van der Waals surface area contributed by atoms with Gasteiger partial charge in [-0.1, -0.05) is 30.3 Å². The van der Waals surface area contributed by atoms with Crippen molar-refractivity contribution in [3.8, 4) is 11.4 Å². The number of carbonyl (C=O) groups is 1. The maximum atomic E-state index is 12.3. The van der Waals surface area contributed by atoms with E-state index >= 15 is 0 Å². The molecule has 5 heteroatoms. The number of para-hydroxylation sites is 1. The van der Waals surface area contributed by atoms with Gasteiger partial charge in [-0.15, -0.1) is 0 Å². The second-order valence-corrected chi connectivity index (χ2v) is 6.19. The summed E-state index contributed by atoms with van der Waals surface area (Å²) in [7, 11) is 0. The van der Waals surface area contributed by atoms with Crippen LogP contribution in [0.4, 0.5) is 0 Å². The Kier molecular flexibility index (Phi) is 5.69. The summed E-state index contributed by atoms with van der Waals surface area (Å²) in [6.07, 6.45) is 0.734. The molecule has 0 bridgehead atoms. The Bertz CT molecular complexity index is 872. The van der Waals surface area contributed by atoms with Crippen molar-refractivity contribution in [3.63, 3.8) is 0 Å². The molecule has 0 fully saturated rings. The number of hydrogen-bond donors (Lipinski definition) is 1. The van der Waals surface area contributed by atoms with E-state index in [1.54, 1.807) is 10.7 Å². The Balaban J connectivity index is 1.48. The lowest BCUT2D eigenvalue weighted by molar-refractivity contribution is 0.0946. The van der Waals surface area contributed by atoms with Gasteiger partial charge in [-0.25, -0.2) is 4.68 Å². The number of aromatic nitrogens is 2. The summed E-state index contributed by atoms with van der Waals surface area (Å²) in [4.78, 5) is 12.3. The minimum Gasteiger partial charge on any atom is -0.494 e. The predicted octanol–water partition coefficient (Wildman–Crippen LogP) is 3.69. The van der Waals surface area contributed by atoms with E-state index in [0.29, 0.717) is 18.8 Å². The largest absolute Gasteiger partial charge is 0.494 e. The lowest BCUT2D eigenvalue weighted by Crippen LogP contribution is -2.26. The third kappa shape index (κ3) is 4.51. The summed E-state index contributed by atoms with van der Waals surface area (Å²) < 4.78 is 7.46. The summed E-state index contributed by atoms with van der Waals surface area (Å²) in [6, 6.07) is 19.5. The van der Waals surface area contributed by atoms with Gasteiger partial charge in [0.2, 0.25) is 0 Å². The van der Waals surface area contributed by atoms with Crippen molar-refractivity contribution in [1.82, 2.24) is 15.1 Å². The SMILES string of the molecule is Cc1cccc(OCCCNC(=O)c2cc(C)n(-c3ccccc3)n2)c1. The number of hydrogen-bond acceptors (Lipinski definition) is 3. The van der Waals surface area contributed by atoms with Crippen LogP contribution in [-0.2, 0) is 0 Å². The molecular weight excluding hydrogens is 326 g/mol. The zero-order chi connectivity index (χ0) is 18.4. The number of amides is 1. The molecule has 1 heterocycles. The molecule has 0 aliphatic rings. The Morgan fingerprint density at radius 3 is 2.65 bits per heavy atom. The van der Waals surface area contributed by atoms with Crippen molar-refractivity contribution >= 4 is 5.91 Å². The highest BCUT2D eigenvalue weighted by molar-refractivity contribution is 5.92. The summed E-state index contributed by atoms with van der Waals surface area (Å²) in [5.74, 6) is 0.687. The third-order valence-corrected chi connectivity index (χ3v) is 3.99. The van der Waals surface area contributed by atoms with E-state index < -0.39 is 0 Å². The standard InChI is InChI=1S/C21H23N3O2/c1-16-8-6-11-19(14-16)26-13-7-12-22-21(25)20-15-17(2)24(23-20)18-9-4-3-5-10-18/h3-6,8-11,14-15H,7,12-13H2,1-2H3,(H,22,25). The predicted molar refractivity (Wildman–Crippen MR) is 102 cm³/mol. The van der Waals surface area contributed by atoms with Crippen LogP contribution < -0.4 is 10.1 Å². The molecule has 0 saturated heterocycles. The molecule has 0 aliphatic heterocycles. The van der Waals surface area contributed by atoms with Crippen molar-refractivity contribution in [2.24, 2.45) is 0 Å². The molecule has 0 spiro atoms. The van der Waals surface area contributed by atoms with Crippen LogP contribution in [0.2, 0.25) is 0 Å².